The molecule has 4 N–H and O–H groups in total. The largest absolute Gasteiger partial charge is 0.548 e. The predicted molar refractivity (Wildman–Crippen MR) is 34.3 cm³/mol. The van der Waals surface area contributed by atoms with Crippen molar-refractivity contribution in [3.8, 4) is 0 Å². The highest BCUT2D eigenvalue weighted by Crippen LogP contribution is 2.02. The summed E-state index contributed by atoms with van der Waals surface area (Å²) in [6.07, 6.45) is 0.561. The lowest BCUT2D eigenvalue weighted by Crippen LogP contribution is -2.71. The summed E-state index contributed by atoms with van der Waals surface area (Å²) >= 11 is 0. The van der Waals surface area contributed by atoms with Gasteiger partial charge in [0, 0.05) is 0 Å². The molecule has 0 saturated heterocycles. The summed E-state index contributed by atoms with van der Waals surface area (Å²) in [6.45, 7) is 3.90. The van der Waals surface area contributed by atoms with Crippen LogP contribution in [0.4, 0.5) is 0 Å². The summed E-state index contributed by atoms with van der Waals surface area (Å²) in [5, 5.41) is 10.3. The summed E-state index contributed by atoms with van der Waals surface area (Å²) in [4.78, 5) is 10.3. The molecule has 1 unspecified atom stereocenters. The highest BCUT2D eigenvalue weighted by atomic mass is 16.4. The molecule has 1 atom stereocenters. The number of hydrogen-bond donors (Lipinski definition) is 2. The van der Waals surface area contributed by atoms with Crippen LogP contribution < -0.4 is 16.4 Å². The van der Waals surface area contributed by atoms with Gasteiger partial charge in [0.05, 0.1) is 12.0 Å². The molecule has 4 nitrogen and oxygen atoms in total. The van der Waals surface area contributed by atoms with Gasteiger partial charge >= 0.3 is 0 Å². The molecule has 60 valence electrons. The van der Waals surface area contributed by atoms with Crippen molar-refractivity contribution in [1.29, 1.82) is 0 Å². The SMILES string of the molecule is CC(C)CC(N[NH3+])C(=O)[O-]. The highest BCUT2D eigenvalue weighted by Gasteiger charge is 2.10. The lowest BCUT2D eigenvalue weighted by Gasteiger charge is -2.16. The number of aliphatic carboxylic acids is 1. The molecule has 0 bridgehead atoms. The normalized spacial score (nSPS) is 13.6. The molecule has 0 aromatic carbocycles. The fourth-order valence-electron chi connectivity index (χ4n) is 0.734. The van der Waals surface area contributed by atoms with Crippen LogP contribution in [0.2, 0.25) is 0 Å². The molecule has 10 heavy (non-hydrogen) atoms. The maximum absolute atomic E-state index is 10.3. The van der Waals surface area contributed by atoms with Gasteiger partial charge < -0.3 is 9.90 Å². The predicted octanol–water partition coefficient (Wildman–Crippen LogP) is -2.10. The molecule has 0 aliphatic rings. The van der Waals surface area contributed by atoms with Crippen molar-refractivity contribution in [1.82, 2.24) is 5.43 Å². The molecule has 0 aromatic heterocycles. The molecule has 0 aromatic rings. The Morgan fingerprint density at radius 2 is 2.20 bits per heavy atom. The van der Waals surface area contributed by atoms with Gasteiger partial charge in [-0.25, -0.2) is 0 Å². The van der Waals surface area contributed by atoms with Gasteiger partial charge in [-0.1, -0.05) is 13.8 Å². The summed E-state index contributed by atoms with van der Waals surface area (Å²) in [5.74, 6) is 2.55. The van der Waals surface area contributed by atoms with Gasteiger partial charge in [-0.15, -0.1) is 0 Å². The van der Waals surface area contributed by atoms with Gasteiger partial charge in [0.15, 0.2) is 0 Å². The third-order valence-electron chi connectivity index (χ3n) is 1.24. The van der Waals surface area contributed by atoms with Crippen LogP contribution in [-0.4, -0.2) is 12.0 Å². The van der Waals surface area contributed by atoms with E-state index in [1.165, 1.54) is 0 Å². The van der Waals surface area contributed by atoms with E-state index >= 15 is 0 Å². The Morgan fingerprint density at radius 3 is 2.30 bits per heavy atom. The molecule has 0 spiro atoms. The Kier molecular flexibility index (Phi) is 3.99. The van der Waals surface area contributed by atoms with Gasteiger partial charge in [-0.2, -0.15) is 5.43 Å². The molecular weight excluding hydrogens is 132 g/mol. The lowest BCUT2D eigenvalue weighted by molar-refractivity contribution is -0.454. The molecule has 0 fully saturated rings. The highest BCUT2D eigenvalue weighted by molar-refractivity contribution is 5.70. The van der Waals surface area contributed by atoms with Crippen LogP contribution in [0.15, 0.2) is 0 Å². The van der Waals surface area contributed by atoms with Crippen LogP contribution in [0.5, 0.6) is 0 Å². The molecule has 0 aliphatic heterocycles. The van der Waals surface area contributed by atoms with Crippen LogP contribution in [0.25, 0.3) is 0 Å². The van der Waals surface area contributed by atoms with Gasteiger partial charge in [-0.05, 0) is 12.3 Å². The second-order valence-corrected chi connectivity index (χ2v) is 2.71. The number of carbonyl (C=O) groups is 1. The van der Waals surface area contributed by atoms with Crippen molar-refractivity contribution < 1.29 is 15.7 Å². The molecule has 0 heterocycles. The van der Waals surface area contributed by atoms with Crippen LogP contribution in [0.3, 0.4) is 0 Å². The minimum atomic E-state index is -1.08. The smallest absolute Gasteiger partial charge is 0.0949 e. The fourth-order valence-corrected chi connectivity index (χ4v) is 0.734. The number of carboxylic acid groups (broad SMARTS) is 1. The van der Waals surface area contributed by atoms with Crippen molar-refractivity contribution in [2.45, 2.75) is 26.3 Å². The summed E-state index contributed by atoms with van der Waals surface area (Å²) < 4.78 is 0. The van der Waals surface area contributed by atoms with Crippen molar-refractivity contribution in [3.05, 3.63) is 0 Å². The summed E-state index contributed by atoms with van der Waals surface area (Å²) in [7, 11) is 0. The number of nitrogens with one attached hydrogen (secondary N) is 1. The van der Waals surface area contributed by atoms with Crippen molar-refractivity contribution in [2.24, 2.45) is 5.92 Å². The molecule has 0 saturated carbocycles. The van der Waals surface area contributed by atoms with Gasteiger partial charge in [0.2, 0.25) is 0 Å². The summed E-state index contributed by atoms with van der Waals surface area (Å²) in [6, 6.07) is -0.611. The van der Waals surface area contributed by atoms with E-state index in [0.29, 0.717) is 12.3 Å². The van der Waals surface area contributed by atoms with E-state index in [2.05, 4.69) is 11.3 Å². The second kappa shape index (κ2) is 4.24. The van der Waals surface area contributed by atoms with Crippen LogP contribution >= 0.6 is 0 Å². The third kappa shape index (κ3) is 3.42. The van der Waals surface area contributed by atoms with E-state index in [1.807, 2.05) is 13.8 Å². The van der Waals surface area contributed by atoms with Crippen molar-refractivity contribution in [2.75, 3.05) is 0 Å². The zero-order valence-electron chi connectivity index (χ0n) is 6.39. The monoisotopic (exact) mass is 146 g/mol. The Bertz CT molecular complexity index is 114. The number of carboxylic acids is 1. The molecule has 0 aliphatic carbocycles. The second-order valence-electron chi connectivity index (χ2n) is 2.71. The minimum absolute atomic E-state index is 0.345. The first kappa shape index (κ1) is 9.39. The number of hydrogen-bond acceptors (Lipinski definition) is 3. The molecule has 0 amide bonds. The van der Waals surface area contributed by atoms with E-state index in [9.17, 15) is 9.90 Å². The Balaban J connectivity index is 3.72. The van der Waals surface area contributed by atoms with Gasteiger partial charge in [0.25, 0.3) is 0 Å². The third-order valence-corrected chi connectivity index (χ3v) is 1.24. The number of quaternary nitrogens is 1. The maximum Gasteiger partial charge on any atom is 0.0949 e. The summed E-state index contributed by atoms with van der Waals surface area (Å²) in [5.41, 5.74) is 2.42. The zero-order valence-corrected chi connectivity index (χ0v) is 6.39. The molecule has 0 radical (unpaired) electrons. The average Bonchev–Trinajstić information content (AvgIpc) is 1.81. The van der Waals surface area contributed by atoms with Crippen LogP contribution in [0, 0.1) is 5.92 Å². The lowest BCUT2D eigenvalue weighted by atomic mass is 10.0. The Labute approximate surface area is 60.4 Å². The number of rotatable bonds is 4. The van der Waals surface area contributed by atoms with E-state index in [1.54, 1.807) is 0 Å². The molecule has 0 rings (SSSR count). The standard InChI is InChI=1S/C6H14N2O2/c1-4(2)3-5(8-7)6(9)10/h4-5,8H,3,7H2,1-2H3,(H,9,10). The van der Waals surface area contributed by atoms with E-state index in [4.69, 9.17) is 0 Å². The Hall–Kier alpha value is -0.610. The topological polar surface area (TPSA) is 79.8 Å². The maximum atomic E-state index is 10.3. The molecular formula is C6H14N2O2. The van der Waals surface area contributed by atoms with Gasteiger partial charge in [0.1, 0.15) is 0 Å². The fraction of sp³-hybridized carbons (Fsp3) is 0.833. The van der Waals surface area contributed by atoms with E-state index in [0.717, 1.165) is 0 Å². The quantitative estimate of drug-likeness (QED) is 0.446. The first-order valence-corrected chi connectivity index (χ1v) is 3.31. The van der Waals surface area contributed by atoms with Crippen LogP contribution in [0.1, 0.15) is 20.3 Å². The zero-order chi connectivity index (χ0) is 8.15. The average molecular weight is 146 g/mol. The minimum Gasteiger partial charge on any atom is -0.548 e. The van der Waals surface area contributed by atoms with Crippen LogP contribution in [-0.2, 0) is 4.79 Å². The van der Waals surface area contributed by atoms with E-state index in [-0.39, 0.29) is 0 Å². The number of carbonyl (C=O) groups excluding carboxylic acids is 1. The first-order valence-electron chi connectivity index (χ1n) is 3.31. The van der Waals surface area contributed by atoms with Crippen molar-refractivity contribution in [3.63, 3.8) is 0 Å². The Morgan fingerprint density at radius 1 is 1.70 bits per heavy atom. The van der Waals surface area contributed by atoms with Gasteiger partial charge in [-0.3, -0.25) is 5.84 Å². The molecule has 4 heteroatoms. The van der Waals surface area contributed by atoms with Crippen molar-refractivity contribution >= 4 is 5.97 Å². The van der Waals surface area contributed by atoms with E-state index < -0.39 is 12.0 Å². The first-order chi connectivity index (χ1) is 4.57.